The van der Waals surface area contributed by atoms with Crippen molar-refractivity contribution in [2.75, 3.05) is 5.75 Å². The van der Waals surface area contributed by atoms with Crippen molar-refractivity contribution >= 4 is 17.7 Å². The average molecular weight is 439 g/mol. The van der Waals surface area contributed by atoms with E-state index in [9.17, 15) is 4.79 Å². The number of aromatic nitrogens is 3. The summed E-state index contributed by atoms with van der Waals surface area (Å²) < 4.78 is 2.12. The summed E-state index contributed by atoms with van der Waals surface area (Å²) >= 11 is 1.51. The molecule has 0 unspecified atom stereocenters. The highest BCUT2D eigenvalue weighted by Crippen LogP contribution is 2.35. The Morgan fingerprint density at radius 1 is 1.16 bits per heavy atom. The topological polar surface area (TPSA) is 51.0 Å². The summed E-state index contributed by atoms with van der Waals surface area (Å²) in [4.78, 5) is 15.2. The third-order valence-corrected chi connectivity index (χ3v) is 7.08. The van der Waals surface area contributed by atoms with E-state index in [1.54, 1.807) is 0 Å². The molecule has 0 radical (unpaired) electrons. The predicted molar refractivity (Wildman–Crippen MR) is 127 cm³/mol. The summed E-state index contributed by atoms with van der Waals surface area (Å²) in [6.45, 7) is 9.53. The fourth-order valence-corrected chi connectivity index (χ4v) is 5.04. The van der Waals surface area contributed by atoms with E-state index in [0.29, 0.717) is 11.8 Å². The molecule has 1 amide bonds. The van der Waals surface area contributed by atoms with Gasteiger partial charge in [-0.15, -0.1) is 10.2 Å². The molecule has 1 fully saturated rings. The Hall–Kier alpha value is -2.08. The predicted octanol–water partition coefficient (Wildman–Crippen LogP) is 5.80. The first-order chi connectivity index (χ1) is 14.9. The van der Waals surface area contributed by atoms with Crippen LogP contribution in [0.25, 0.3) is 11.4 Å². The summed E-state index contributed by atoms with van der Waals surface area (Å²) in [5.74, 6) is 1.49. The van der Waals surface area contributed by atoms with Gasteiger partial charge in [0.15, 0.2) is 11.0 Å². The van der Waals surface area contributed by atoms with Crippen LogP contribution in [0.4, 0.5) is 0 Å². The van der Waals surface area contributed by atoms with Crippen LogP contribution in [-0.2, 0) is 16.8 Å². The molecule has 0 spiro atoms. The number of benzene rings is 1. The van der Waals surface area contributed by atoms with Crippen molar-refractivity contribution in [2.45, 2.75) is 89.4 Å². The van der Waals surface area contributed by atoms with Crippen LogP contribution in [0.5, 0.6) is 0 Å². The van der Waals surface area contributed by atoms with Crippen LogP contribution in [0, 0.1) is 0 Å². The summed E-state index contributed by atoms with van der Waals surface area (Å²) in [5.41, 5.74) is 3.74. The molecule has 1 heterocycles. The Morgan fingerprint density at radius 2 is 1.90 bits per heavy atom. The van der Waals surface area contributed by atoms with Crippen molar-refractivity contribution in [2.24, 2.45) is 0 Å². The molecule has 0 bridgehead atoms. The molecule has 6 heteroatoms. The molecule has 1 aromatic heterocycles. The van der Waals surface area contributed by atoms with Crippen LogP contribution in [0.2, 0.25) is 0 Å². The maximum Gasteiger partial charge on any atom is 0.237 e. The van der Waals surface area contributed by atoms with Gasteiger partial charge in [-0.05, 0) is 56.4 Å². The number of rotatable bonds is 7. The van der Waals surface area contributed by atoms with E-state index < -0.39 is 0 Å². The second-order valence-corrected chi connectivity index (χ2v) is 10.5. The molecule has 0 aliphatic heterocycles. The van der Waals surface area contributed by atoms with E-state index in [0.717, 1.165) is 48.8 Å². The van der Waals surface area contributed by atoms with Crippen LogP contribution in [0.1, 0.15) is 71.8 Å². The van der Waals surface area contributed by atoms with E-state index >= 15 is 0 Å². The fourth-order valence-electron chi connectivity index (χ4n) is 4.18. The number of amides is 1. The summed E-state index contributed by atoms with van der Waals surface area (Å²) in [5, 5.41) is 9.71. The molecule has 1 saturated carbocycles. The highest BCUT2D eigenvalue weighted by molar-refractivity contribution is 7.99. The Bertz CT molecular complexity index is 951. The van der Waals surface area contributed by atoms with Gasteiger partial charge >= 0.3 is 0 Å². The zero-order valence-corrected chi connectivity index (χ0v) is 20.0. The lowest BCUT2D eigenvalue weighted by Gasteiger charge is -2.27. The van der Waals surface area contributed by atoms with Crippen LogP contribution in [0.15, 0.2) is 41.2 Å². The van der Waals surface area contributed by atoms with Crippen molar-refractivity contribution in [1.82, 2.24) is 19.7 Å². The lowest BCUT2D eigenvalue weighted by atomic mass is 9.87. The Kier molecular flexibility index (Phi) is 6.56. The smallest absolute Gasteiger partial charge is 0.237 e. The van der Waals surface area contributed by atoms with Gasteiger partial charge in [0, 0.05) is 23.8 Å². The van der Waals surface area contributed by atoms with E-state index in [2.05, 4.69) is 77.7 Å². The van der Waals surface area contributed by atoms with Crippen molar-refractivity contribution < 1.29 is 4.79 Å². The van der Waals surface area contributed by atoms with Gasteiger partial charge < -0.3 is 9.47 Å². The van der Waals surface area contributed by atoms with Crippen molar-refractivity contribution in [3.05, 3.63) is 41.6 Å². The normalized spacial score (nSPS) is 16.8. The highest BCUT2D eigenvalue weighted by atomic mass is 32.2. The SMILES string of the molecule is CCn1c(SCC(=O)N(C2=CCCCC2)C2CC2)nnc1-c1ccc(C(C)(C)C)cc1. The molecule has 5 nitrogen and oxygen atoms in total. The first-order valence-corrected chi connectivity index (χ1v) is 12.5. The number of thioether (sulfide) groups is 1. The molecule has 2 aliphatic rings. The Labute approximate surface area is 190 Å². The first-order valence-electron chi connectivity index (χ1n) is 11.6. The van der Waals surface area contributed by atoms with E-state index in [1.165, 1.54) is 35.9 Å². The quantitative estimate of drug-likeness (QED) is 0.512. The number of hydrogen-bond donors (Lipinski definition) is 0. The summed E-state index contributed by atoms with van der Waals surface area (Å²) in [6.07, 6.45) is 9.10. The van der Waals surface area contributed by atoms with Gasteiger partial charge in [0.1, 0.15) is 0 Å². The van der Waals surface area contributed by atoms with Gasteiger partial charge in [-0.3, -0.25) is 4.79 Å². The largest absolute Gasteiger partial charge is 0.313 e. The number of hydrogen-bond acceptors (Lipinski definition) is 4. The van der Waals surface area contributed by atoms with Gasteiger partial charge in [-0.1, -0.05) is 62.9 Å². The minimum Gasteiger partial charge on any atom is -0.313 e. The lowest BCUT2D eigenvalue weighted by molar-refractivity contribution is -0.127. The molecule has 1 aromatic carbocycles. The third kappa shape index (κ3) is 5.05. The molecule has 4 rings (SSSR count). The van der Waals surface area contributed by atoms with Gasteiger partial charge in [0.05, 0.1) is 5.75 Å². The molecule has 2 aliphatic carbocycles. The van der Waals surface area contributed by atoms with Crippen molar-refractivity contribution in [3.8, 4) is 11.4 Å². The summed E-state index contributed by atoms with van der Waals surface area (Å²) in [7, 11) is 0. The van der Waals surface area contributed by atoms with Crippen molar-refractivity contribution in [3.63, 3.8) is 0 Å². The van der Waals surface area contributed by atoms with Gasteiger partial charge in [0.2, 0.25) is 5.91 Å². The number of carbonyl (C=O) groups is 1. The van der Waals surface area contributed by atoms with Gasteiger partial charge in [-0.25, -0.2) is 0 Å². The minimum atomic E-state index is 0.125. The number of allylic oxidation sites excluding steroid dienone is 2. The van der Waals surface area contributed by atoms with E-state index in [4.69, 9.17) is 0 Å². The van der Waals surface area contributed by atoms with Crippen LogP contribution in [-0.4, -0.2) is 37.4 Å². The average Bonchev–Trinajstić information content (AvgIpc) is 3.50. The van der Waals surface area contributed by atoms with Crippen LogP contribution < -0.4 is 0 Å². The zero-order valence-electron chi connectivity index (χ0n) is 19.2. The molecule has 0 saturated heterocycles. The molecule has 0 atom stereocenters. The monoisotopic (exact) mass is 438 g/mol. The molecular weight excluding hydrogens is 404 g/mol. The Balaban J connectivity index is 1.47. The number of nitrogens with zero attached hydrogens (tertiary/aromatic N) is 4. The third-order valence-electron chi connectivity index (χ3n) is 6.12. The lowest BCUT2D eigenvalue weighted by Crippen LogP contribution is -2.34. The number of carbonyl (C=O) groups excluding carboxylic acids is 1. The van der Waals surface area contributed by atoms with Gasteiger partial charge in [0.25, 0.3) is 0 Å². The van der Waals surface area contributed by atoms with Crippen molar-refractivity contribution in [1.29, 1.82) is 0 Å². The summed E-state index contributed by atoms with van der Waals surface area (Å²) in [6, 6.07) is 9.01. The van der Waals surface area contributed by atoms with E-state index in [-0.39, 0.29) is 11.3 Å². The maximum absolute atomic E-state index is 13.1. The van der Waals surface area contributed by atoms with E-state index in [1.807, 2.05) is 0 Å². The Morgan fingerprint density at radius 3 is 2.48 bits per heavy atom. The van der Waals surface area contributed by atoms with Crippen LogP contribution in [0.3, 0.4) is 0 Å². The molecule has 166 valence electrons. The fraction of sp³-hybridized carbons (Fsp3) is 0.560. The molecular formula is C25H34N4OS. The first kappa shape index (κ1) is 22.1. The maximum atomic E-state index is 13.1. The highest BCUT2D eigenvalue weighted by Gasteiger charge is 2.35. The molecule has 2 aromatic rings. The second kappa shape index (κ2) is 9.19. The second-order valence-electron chi connectivity index (χ2n) is 9.60. The van der Waals surface area contributed by atoms with Gasteiger partial charge in [-0.2, -0.15) is 0 Å². The molecule has 0 N–H and O–H groups in total. The minimum absolute atomic E-state index is 0.125. The molecule has 31 heavy (non-hydrogen) atoms. The zero-order chi connectivity index (χ0) is 22.0. The standard InChI is InChI=1S/C25H34N4OS/c1-5-28-23(18-11-13-19(14-12-18)25(2,3)4)26-27-24(28)31-17-22(30)29(21-15-16-21)20-9-7-6-8-10-20/h9,11-14,21H,5-8,10,15-17H2,1-4H3. The van der Waals surface area contributed by atoms with Crippen LogP contribution >= 0.6 is 11.8 Å².